The van der Waals surface area contributed by atoms with Crippen LogP contribution in [-0.4, -0.2) is 27.3 Å². The van der Waals surface area contributed by atoms with Crippen molar-refractivity contribution >= 4 is 34.8 Å². The van der Waals surface area contributed by atoms with Gasteiger partial charge in [0.15, 0.2) is 0 Å². The predicted octanol–water partition coefficient (Wildman–Crippen LogP) is 3.36. The number of rotatable bonds is 2. The Kier molecular flexibility index (Phi) is 3.50. The fourth-order valence-corrected chi connectivity index (χ4v) is 4.03. The summed E-state index contributed by atoms with van der Waals surface area (Å²) in [5.74, 6) is -0.0712. The summed E-state index contributed by atoms with van der Waals surface area (Å²) in [4.78, 5) is 14.3. The Balaban J connectivity index is 1.68. The molecule has 0 spiro atoms. The van der Waals surface area contributed by atoms with Crippen molar-refractivity contribution in [3.63, 3.8) is 0 Å². The minimum Gasteiger partial charge on any atom is -0.508 e. The number of phenols is 1. The standard InChI is InChI=1S/C16H15Cl2N3O2/c17-10-3-4-13(22)15(16(10)18)9-6-14(23)20(8-9)12-7-19-21-5-1-2-11(12)21/h3-4,7,9,22H,1-2,5-6,8H2/t9-/m0/s1. The number of fused-ring (bicyclic) bond motifs is 1. The number of phenolic OH excluding ortho intramolecular Hbond substituents is 1. The summed E-state index contributed by atoms with van der Waals surface area (Å²) >= 11 is 12.3. The van der Waals surface area contributed by atoms with Gasteiger partial charge in [-0.1, -0.05) is 23.2 Å². The summed E-state index contributed by atoms with van der Waals surface area (Å²) in [6.07, 6.45) is 4.06. The molecule has 1 amide bonds. The Bertz CT molecular complexity index is 803. The smallest absolute Gasteiger partial charge is 0.227 e. The molecule has 1 fully saturated rings. The van der Waals surface area contributed by atoms with Crippen molar-refractivity contribution in [2.24, 2.45) is 0 Å². The fourth-order valence-electron chi connectivity index (χ4n) is 3.55. The second-order valence-electron chi connectivity index (χ2n) is 6.00. The summed E-state index contributed by atoms with van der Waals surface area (Å²) in [7, 11) is 0. The number of carbonyl (C=O) groups is 1. The Morgan fingerprint density at radius 2 is 2.13 bits per heavy atom. The van der Waals surface area contributed by atoms with Crippen molar-refractivity contribution in [3.8, 4) is 5.75 Å². The van der Waals surface area contributed by atoms with Gasteiger partial charge in [0, 0.05) is 31.0 Å². The summed E-state index contributed by atoms with van der Waals surface area (Å²) in [5.41, 5.74) is 2.55. The average Bonchev–Trinajstić information content (AvgIpc) is 3.19. The zero-order valence-corrected chi connectivity index (χ0v) is 13.8. The number of amides is 1. The van der Waals surface area contributed by atoms with Crippen LogP contribution < -0.4 is 4.90 Å². The van der Waals surface area contributed by atoms with Gasteiger partial charge in [-0.05, 0) is 25.0 Å². The van der Waals surface area contributed by atoms with E-state index in [1.54, 1.807) is 17.2 Å². The first-order chi connectivity index (χ1) is 11.1. The highest BCUT2D eigenvalue weighted by Gasteiger charge is 2.36. The summed E-state index contributed by atoms with van der Waals surface area (Å²) in [5, 5.41) is 15.2. The third-order valence-corrected chi connectivity index (χ3v) is 5.46. The van der Waals surface area contributed by atoms with Crippen LogP contribution in [0.4, 0.5) is 5.69 Å². The van der Waals surface area contributed by atoms with Gasteiger partial charge in [0.05, 0.1) is 27.6 Å². The predicted molar refractivity (Wildman–Crippen MR) is 88.4 cm³/mol. The normalized spacial score (nSPS) is 20.3. The third kappa shape index (κ3) is 2.30. The van der Waals surface area contributed by atoms with Crippen molar-refractivity contribution in [1.29, 1.82) is 0 Å². The fraction of sp³-hybridized carbons (Fsp3) is 0.375. The van der Waals surface area contributed by atoms with E-state index >= 15 is 0 Å². The van der Waals surface area contributed by atoms with E-state index in [0.717, 1.165) is 30.8 Å². The van der Waals surface area contributed by atoms with Crippen molar-refractivity contribution < 1.29 is 9.90 Å². The molecule has 0 radical (unpaired) electrons. The van der Waals surface area contributed by atoms with Crippen LogP contribution in [0.5, 0.6) is 5.75 Å². The number of hydrogen-bond acceptors (Lipinski definition) is 3. The maximum atomic E-state index is 12.5. The van der Waals surface area contributed by atoms with E-state index in [-0.39, 0.29) is 17.6 Å². The molecule has 2 aromatic rings. The molecular formula is C16H15Cl2N3O2. The lowest BCUT2D eigenvalue weighted by Crippen LogP contribution is -2.25. The van der Waals surface area contributed by atoms with Crippen LogP contribution in [0.25, 0.3) is 0 Å². The van der Waals surface area contributed by atoms with Gasteiger partial charge in [0.1, 0.15) is 5.75 Å². The van der Waals surface area contributed by atoms with E-state index in [1.165, 1.54) is 6.07 Å². The lowest BCUT2D eigenvalue weighted by atomic mass is 9.97. The van der Waals surface area contributed by atoms with E-state index in [0.29, 0.717) is 28.6 Å². The Hall–Kier alpha value is -1.72. The number of nitrogens with zero attached hydrogens (tertiary/aromatic N) is 3. The van der Waals surface area contributed by atoms with Crippen LogP contribution >= 0.6 is 23.2 Å². The molecule has 5 nitrogen and oxygen atoms in total. The third-order valence-electron chi connectivity index (χ3n) is 4.64. The molecule has 3 heterocycles. The van der Waals surface area contributed by atoms with Crippen LogP contribution in [0.2, 0.25) is 10.0 Å². The van der Waals surface area contributed by atoms with E-state index in [2.05, 4.69) is 5.10 Å². The molecule has 2 aliphatic rings. The average molecular weight is 352 g/mol. The number of halogens is 2. The lowest BCUT2D eigenvalue weighted by molar-refractivity contribution is -0.117. The summed E-state index contributed by atoms with van der Waals surface area (Å²) in [6.45, 7) is 1.38. The molecule has 1 N–H and O–H groups in total. The number of aromatic hydroxyl groups is 1. The first-order valence-electron chi connectivity index (χ1n) is 7.58. The summed E-state index contributed by atoms with van der Waals surface area (Å²) < 4.78 is 1.96. The molecule has 0 saturated carbocycles. The van der Waals surface area contributed by atoms with Gasteiger partial charge in [-0.2, -0.15) is 5.10 Å². The van der Waals surface area contributed by atoms with Gasteiger partial charge in [-0.3, -0.25) is 9.48 Å². The van der Waals surface area contributed by atoms with Crippen LogP contribution in [0.3, 0.4) is 0 Å². The molecule has 0 unspecified atom stereocenters. The minimum absolute atomic E-state index is 0.0214. The first kappa shape index (κ1) is 14.8. The number of carbonyl (C=O) groups excluding carboxylic acids is 1. The molecule has 120 valence electrons. The largest absolute Gasteiger partial charge is 0.508 e. The minimum atomic E-state index is -0.175. The van der Waals surface area contributed by atoms with Gasteiger partial charge >= 0.3 is 0 Å². The van der Waals surface area contributed by atoms with Crippen LogP contribution in [0.1, 0.15) is 30.0 Å². The molecule has 0 aliphatic carbocycles. The highest BCUT2D eigenvalue weighted by molar-refractivity contribution is 6.42. The molecule has 23 heavy (non-hydrogen) atoms. The quantitative estimate of drug-likeness (QED) is 0.902. The lowest BCUT2D eigenvalue weighted by Gasteiger charge is -2.18. The Morgan fingerprint density at radius 1 is 1.30 bits per heavy atom. The van der Waals surface area contributed by atoms with Gasteiger partial charge in [0.2, 0.25) is 5.91 Å². The molecule has 7 heteroatoms. The van der Waals surface area contributed by atoms with Gasteiger partial charge < -0.3 is 10.0 Å². The van der Waals surface area contributed by atoms with Crippen LogP contribution in [-0.2, 0) is 17.8 Å². The maximum absolute atomic E-state index is 12.5. The number of aryl methyl sites for hydroxylation is 1. The second kappa shape index (κ2) is 5.42. The molecule has 1 saturated heterocycles. The van der Waals surface area contributed by atoms with Crippen LogP contribution in [0, 0.1) is 0 Å². The zero-order chi connectivity index (χ0) is 16.1. The van der Waals surface area contributed by atoms with Gasteiger partial charge in [-0.25, -0.2) is 0 Å². The van der Waals surface area contributed by atoms with E-state index in [1.807, 2.05) is 4.68 Å². The van der Waals surface area contributed by atoms with E-state index in [9.17, 15) is 9.90 Å². The van der Waals surface area contributed by atoms with Gasteiger partial charge in [-0.15, -0.1) is 0 Å². The van der Waals surface area contributed by atoms with Gasteiger partial charge in [0.25, 0.3) is 0 Å². The number of anilines is 1. The topological polar surface area (TPSA) is 58.4 Å². The number of hydrogen-bond donors (Lipinski definition) is 1. The van der Waals surface area contributed by atoms with Crippen LogP contribution in [0.15, 0.2) is 18.3 Å². The number of aromatic nitrogens is 2. The molecule has 2 aliphatic heterocycles. The van der Waals surface area contributed by atoms with Crippen molar-refractivity contribution in [3.05, 3.63) is 39.6 Å². The zero-order valence-electron chi connectivity index (χ0n) is 12.3. The Labute approximate surface area is 143 Å². The highest BCUT2D eigenvalue weighted by atomic mass is 35.5. The SMILES string of the molecule is O=C1C[C@H](c2c(O)ccc(Cl)c2Cl)CN1c1cnn2c1CCC2. The monoisotopic (exact) mass is 351 g/mol. The molecule has 1 aromatic heterocycles. The maximum Gasteiger partial charge on any atom is 0.227 e. The molecule has 4 rings (SSSR count). The first-order valence-corrected chi connectivity index (χ1v) is 8.33. The Morgan fingerprint density at radius 3 is 2.96 bits per heavy atom. The number of benzene rings is 1. The van der Waals surface area contributed by atoms with Crippen molar-refractivity contribution in [2.45, 2.75) is 31.7 Å². The summed E-state index contributed by atoms with van der Waals surface area (Å²) in [6, 6.07) is 3.08. The highest BCUT2D eigenvalue weighted by Crippen LogP contribution is 2.43. The van der Waals surface area contributed by atoms with Crippen molar-refractivity contribution in [1.82, 2.24) is 9.78 Å². The van der Waals surface area contributed by atoms with E-state index < -0.39 is 0 Å². The van der Waals surface area contributed by atoms with Crippen molar-refractivity contribution in [2.75, 3.05) is 11.4 Å². The molecule has 1 atom stereocenters. The molecule has 1 aromatic carbocycles. The van der Waals surface area contributed by atoms with E-state index in [4.69, 9.17) is 23.2 Å². The molecular weight excluding hydrogens is 337 g/mol. The second-order valence-corrected chi connectivity index (χ2v) is 6.79. The molecule has 0 bridgehead atoms.